The Hall–Kier alpha value is -0.540. The zero-order valence-corrected chi connectivity index (χ0v) is 11.7. The summed E-state index contributed by atoms with van der Waals surface area (Å²) in [7, 11) is 0. The van der Waals surface area contributed by atoms with Gasteiger partial charge in [0.1, 0.15) is 0 Å². The Kier molecular flexibility index (Phi) is 4.39. The number of nitrogens with two attached hydrogens (primary N) is 1. The lowest BCUT2D eigenvalue weighted by Crippen LogP contribution is -2.11. The lowest BCUT2D eigenvalue weighted by atomic mass is 10.1. The van der Waals surface area contributed by atoms with Gasteiger partial charge in [-0.25, -0.2) is 4.98 Å². The molecule has 0 radical (unpaired) electrons. The van der Waals surface area contributed by atoms with Gasteiger partial charge in [0.25, 0.3) is 0 Å². The number of aryl methyl sites for hydroxylation is 1. The molecule has 0 spiro atoms. The first kappa shape index (κ1) is 13.5. The first-order chi connectivity index (χ1) is 7.33. The lowest BCUT2D eigenvalue weighted by molar-refractivity contribution is 0.691. The van der Waals surface area contributed by atoms with E-state index in [1.807, 2.05) is 6.20 Å². The van der Waals surface area contributed by atoms with Crippen LogP contribution in [-0.2, 0) is 0 Å². The maximum atomic E-state index is 5.99. The minimum Gasteiger partial charge on any atom is -0.324 e. The number of hydrogen-bond donors (Lipinski definition) is 1. The number of aromatic nitrogens is 1. The highest BCUT2D eigenvalue weighted by molar-refractivity contribution is 8.00. The van der Waals surface area contributed by atoms with E-state index in [1.54, 1.807) is 11.8 Å². The van der Waals surface area contributed by atoms with Gasteiger partial charge in [0.05, 0.1) is 5.03 Å². The topological polar surface area (TPSA) is 38.9 Å². The molecular weight excluding hydrogens is 216 g/mol. The van der Waals surface area contributed by atoms with Crippen molar-refractivity contribution in [1.82, 2.24) is 4.98 Å². The van der Waals surface area contributed by atoms with Gasteiger partial charge < -0.3 is 5.73 Å². The summed E-state index contributed by atoms with van der Waals surface area (Å²) in [5.74, 6) is 0. The second kappa shape index (κ2) is 5.19. The van der Waals surface area contributed by atoms with Crippen molar-refractivity contribution < 1.29 is 0 Å². The Morgan fingerprint density at radius 2 is 2.06 bits per heavy atom. The van der Waals surface area contributed by atoms with Crippen molar-refractivity contribution in [2.45, 2.75) is 56.9 Å². The van der Waals surface area contributed by atoms with E-state index in [2.05, 4.69) is 45.7 Å². The fourth-order valence-corrected chi connectivity index (χ4v) is 2.32. The van der Waals surface area contributed by atoms with Gasteiger partial charge >= 0.3 is 0 Å². The number of rotatable bonds is 3. The molecule has 0 bridgehead atoms. The van der Waals surface area contributed by atoms with Gasteiger partial charge in [-0.2, -0.15) is 0 Å². The molecule has 2 N–H and O–H groups in total. The monoisotopic (exact) mass is 238 g/mol. The number of thioether (sulfide) groups is 1. The van der Waals surface area contributed by atoms with Crippen molar-refractivity contribution in [3.63, 3.8) is 0 Å². The standard InChI is InChI=1S/C13H22N2S/c1-6-11(14)10-7-9(2)12(15-8-10)16-13(3,4)5/h7-8,11H,6,14H2,1-5H3/t11-/m0/s1. The predicted octanol–water partition coefficient (Wildman–Crippen LogP) is 3.69. The molecule has 0 fully saturated rings. The third kappa shape index (κ3) is 3.80. The third-order valence-corrected chi connectivity index (χ3v) is 3.56. The lowest BCUT2D eigenvalue weighted by Gasteiger charge is -2.19. The second-order valence-corrected chi connectivity index (χ2v) is 6.94. The second-order valence-electron chi connectivity index (χ2n) is 5.12. The molecule has 1 aromatic rings. The summed E-state index contributed by atoms with van der Waals surface area (Å²) >= 11 is 1.80. The van der Waals surface area contributed by atoms with E-state index in [0.29, 0.717) is 0 Å². The molecule has 0 aromatic carbocycles. The fraction of sp³-hybridized carbons (Fsp3) is 0.615. The van der Waals surface area contributed by atoms with E-state index in [9.17, 15) is 0 Å². The minimum atomic E-state index is 0.111. The van der Waals surface area contributed by atoms with Crippen LogP contribution < -0.4 is 5.73 Å². The molecule has 1 atom stereocenters. The summed E-state index contributed by atoms with van der Waals surface area (Å²) < 4.78 is 0.201. The van der Waals surface area contributed by atoms with Crippen LogP contribution in [0.1, 0.15) is 51.3 Å². The number of hydrogen-bond acceptors (Lipinski definition) is 3. The summed E-state index contributed by atoms with van der Waals surface area (Å²) in [6.45, 7) is 10.8. The Labute approximate surface area is 103 Å². The van der Waals surface area contributed by atoms with Gasteiger partial charge in [-0.1, -0.05) is 33.8 Å². The first-order valence-corrected chi connectivity index (χ1v) is 6.56. The van der Waals surface area contributed by atoms with E-state index in [4.69, 9.17) is 5.73 Å². The van der Waals surface area contributed by atoms with E-state index < -0.39 is 0 Å². The summed E-state index contributed by atoms with van der Waals surface area (Å²) in [5.41, 5.74) is 8.35. The van der Waals surface area contributed by atoms with Crippen molar-refractivity contribution in [3.05, 3.63) is 23.4 Å². The Balaban J connectivity index is 2.92. The largest absolute Gasteiger partial charge is 0.324 e. The van der Waals surface area contributed by atoms with Gasteiger partial charge in [-0.15, -0.1) is 11.8 Å². The molecule has 0 aliphatic heterocycles. The highest BCUT2D eigenvalue weighted by Crippen LogP contribution is 2.33. The Morgan fingerprint density at radius 3 is 2.50 bits per heavy atom. The molecule has 3 heteroatoms. The van der Waals surface area contributed by atoms with Crippen LogP contribution in [0.25, 0.3) is 0 Å². The van der Waals surface area contributed by atoms with Crippen molar-refractivity contribution in [1.29, 1.82) is 0 Å². The quantitative estimate of drug-likeness (QED) is 0.816. The van der Waals surface area contributed by atoms with Crippen LogP contribution in [-0.4, -0.2) is 9.73 Å². The summed E-state index contributed by atoms with van der Waals surface area (Å²) in [5, 5.41) is 1.11. The van der Waals surface area contributed by atoms with Crippen molar-refractivity contribution >= 4 is 11.8 Å². The zero-order valence-electron chi connectivity index (χ0n) is 10.9. The first-order valence-electron chi connectivity index (χ1n) is 5.74. The predicted molar refractivity (Wildman–Crippen MR) is 71.8 cm³/mol. The molecule has 0 aliphatic carbocycles. The molecule has 0 amide bonds. The smallest absolute Gasteiger partial charge is 0.0994 e. The molecule has 2 nitrogen and oxygen atoms in total. The van der Waals surface area contributed by atoms with Crippen LogP contribution in [0.2, 0.25) is 0 Å². The average Bonchev–Trinajstić information content (AvgIpc) is 2.18. The molecule has 0 aliphatic rings. The van der Waals surface area contributed by atoms with Crippen molar-refractivity contribution in [2.75, 3.05) is 0 Å². The average molecular weight is 238 g/mol. The maximum absolute atomic E-state index is 5.99. The van der Waals surface area contributed by atoms with Crippen LogP contribution in [0.5, 0.6) is 0 Å². The van der Waals surface area contributed by atoms with Gasteiger partial charge in [-0.3, -0.25) is 0 Å². The molecule has 1 heterocycles. The summed E-state index contributed by atoms with van der Waals surface area (Å²) in [6, 6.07) is 2.27. The van der Waals surface area contributed by atoms with Gasteiger partial charge in [-0.05, 0) is 24.5 Å². The van der Waals surface area contributed by atoms with E-state index in [-0.39, 0.29) is 10.8 Å². The molecule has 16 heavy (non-hydrogen) atoms. The van der Waals surface area contributed by atoms with Crippen LogP contribution in [0, 0.1) is 6.92 Å². The molecule has 0 saturated heterocycles. The minimum absolute atomic E-state index is 0.111. The molecule has 90 valence electrons. The van der Waals surface area contributed by atoms with Crippen LogP contribution >= 0.6 is 11.8 Å². The Bertz CT molecular complexity index is 355. The number of nitrogens with zero attached hydrogens (tertiary/aromatic N) is 1. The normalized spacial score (nSPS) is 13.9. The highest BCUT2D eigenvalue weighted by atomic mass is 32.2. The van der Waals surface area contributed by atoms with E-state index in [1.165, 1.54) is 5.56 Å². The van der Waals surface area contributed by atoms with Crippen LogP contribution in [0.4, 0.5) is 0 Å². The van der Waals surface area contributed by atoms with Gasteiger partial charge in [0, 0.05) is 17.0 Å². The van der Waals surface area contributed by atoms with Crippen LogP contribution in [0.3, 0.4) is 0 Å². The maximum Gasteiger partial charge on any atom is 0.0994 e. The molecule has 1 aromatic heterocycles. The zero-order chi connectivity index (χ0) is 12.3. The Morgan fingerprint density at radius 1 is 1.44 bits per heavy atom. The van der Waals surface area contributed by atoms with Gasteiger partial charge in [0.15, 0.2) is 0 Å². The summed E-state index contributed by atoms with van der Waals surface area (Å²) in [4.78, 5) is 4.52. The molecule has 0 saturated carbocycles. The molecule has 1 rings (SSSR count). The SMILES string of the molecule is CC[C@H](N)c1cnc(SC(C)(C)C)c(C)c1. The summed E-state index contributed by atoms with van der Waals surface area (Å²) in [6.07, 6.45) is 2.86. The number of pyridine rings is 1. The van der Waals surface area contributed by atoms with Crippen molar-refractivity contribution in [2.24, 2.45) is 5.73 Å². The molecular formula is C13H22N2S. The molecule has 0 unspecified atom stereocenters. The highest BCUT2D eigenvalue weighted by Gasteiger charge is 2.15. The van der Waals surface area contributed by atoms with Crippen LogP contribution in [0.15, 0.2) is 17.3 Å². The van der Waals surface area contributed by atoms with Crippen molar-refractivity contribution in [3.8, 4) is 0 Å². The van der Waals surface area contributed by atoms with E-state index >= 15 is 0 Å². The fourth-order valence-electron chi connectivity index (χ4n) is 1.42. The van der Waals surface area contributed by atoms with Gasteiger partial charge in [0.2, 0.25) is 0 Å². The third-order valence-electron chi connectivity index (χ3n) is 2.32. The van der Waals surface area contributed by atoms with E-state index in [0.717, 1.165) is 17.0 Å².